The Labute approximate surface area is 163 Å². The average molecular weight is 379 g/mol. The molecule has 4 fully saturated rings. The third-order valence-corrected chi connectivity index (χ3v) is 6.55. The second-order valence-electron chi connectivity index (χ2n) is 8.34. The molecule has 0 atom stereocenters. The average Bonchev–Trinajstić information content (AvgIpc) is 3.43. The summed E-state index contributed by atoms with van der Waals surface area (Å²) in [5.74, 6) is 1.53. The molecule has 8 nitrogen and oxygen atoms in total. The highest BCUT2D eigenvalue weighted by Crippen LogP contribution is 2.47. The van der Waals surface area contributed by atoms with Gasteiger partial charge in [0.1, 0.15) is 0 Å². The molecule has 7 rings (SSSR count). The van der Waals surface area contributed by atoms with Crippen LogP contribution in [0.5, 0.6) is 0 Å². The van der Waals surface area contributed by atoms with Crippen molar-refractivity contribution < 1.29 is 4.74 Å². The minimum absolute atomic E-state index is 0.379. The Bertz CT molecular complexity index is 1010. The summed E-state index contributed by atoms with van der Waals surface area (Å²) in [7, 11) is 0. The highest BCUT2D eigenvalue weighted by molar-refractivity contribution is 5.89. The first-order valence-corrected chi connectivity index (χ1v) is 10.3. The van der Waals surface area contributed by atoms with E-state index in [1.54, 1.807) is 0 Å². The first kappa shape index (κ1) is 16.4. The van der Waals surface area contributed by atoms with Crippen molar-refractivity contribution in [3.05, 3.63) is 24.2 Å². The van der Waals surface area contributed by atoms with E-state index >= 15 is 0 Å². The largest absolute Gasteiger partial charge is 0.381 e. The molecule has 0 radical (unpaired) electrons. The van der Waals surface area contributed by atoms with E-state index < -0.39 is 0 Å². The molecule has 28 heavy (non-hydrogen) atoms. The quantitative estimate of drug-likeness (QED) is 0.725. The second kappa shape index (κ2) is 6.20. The molecule has 4 aliphatic rings. The first-order valence-electron chi connectivity index (χ1n) is 10.3. The molecule has 1 saturated carbocycles. The number of hydrogen-bond acceptors (Lipinski definition) is 6. The molecule has 0 aromatic carbocycles. The summed E-state index contributed by atoms with van der Waals surface area (Å²) in [6.07, 6.45) is 8.60. The number of ether oxygens (including phenoxy) is 1. The summed E-state index contributed by atoms with van der Waals surface area (Å²) in [6, 6.07) is 3.17. The van der Waals surface area contributed by atoms with Crippen molar-refractivity contribution in [2.75, 3.05) is 30.0 Å². The van der Waals surface area contributed by atoms with Crippen molar-refractivity contribution >= 4 is 17.3 Å². The number of aromatic amines is 1. The number of fused-ring (bicyclic) bond motifs is 2. The van der Waals surface area contributed by atoms with Gasteiger partial charge >= 0.3 is 0 Å². The SMILES string of the molecule is Cc1n[nH]cc1-c1ccn2nc(NC3CCOCC3)nc2c1N1CC2CC1C2. The fourth-order valence-corrected chi connectivity index (χ4v) is 4.96. The van der Waals surface area contributed by atoms with Crippen LogP contribution < -0.4 is 10.2 Å². The topological polar surface area (TPSA) is 83.4 Å². The lowest BCUT2D eigenvalue weighted by Gasteiger charge is -2.28. The van der Waals surface area contributed by atoms with Gasteiger partial charge in [0.25, 0.3) is 0 Å². The Hall–Kier alpha value is -2.61. The number of nitrogens with one attached hydrogen (secondary N) is 2. The van der Waals surface area contributed by atoms with Gasteiger partial charge in [-0.1, -0.05) is 0 Å². The molecule has 3 aromatic rings. The molecule has 8 heteroatoms. The summed E-state index contributed by atoms with van der Waals surface area (Å²) in [4.78, 5) is 7.48. The smallest absolute Gasteiger partial charge is 0.243 e. The predicted octanol–water partition coefficient (Wildman–Crippen LogP) is 2.62. The summed E-state index contributed by atoms with van der Waals surface area (Å²) in [5, 5.41) is 15.6. The van der Waals surface area contributed by atoms with Gasteiger partial charge in [-0.2, -0.15) is 10.1 Å². The number of aryl methyl sites for hydroxylation is 1. The summed E-state index contributed by atoms with van der Waals surface area (Å²) in [6.45, 7) is 4.77. The number of anilines is 2. The van der Waals surface area contributed by atoms with E-state index in [0.29, 0.717) is 18.0 Å². The summed E-state index contributed by atoms with van der Waals surface area (Å²) in [5.41, 5.74) is 5.47. The van der Waals surface area contributed by atoms with Gasteiger partial charge in [-0.15, -0.1) is 5.10 Å². The van der Waals surface area contributed by atoms with Gasteiger partial charge in [0.15, 0.2) is 5.65 Å². The maximum Gasteiger partial charge on any atom is 0.243 e. The normalized spacial score (nSPS) is 24.7. The van der Waals surface area contributed by atoms with Crippen LogP contribution in [-0.2, 0) is 4.74 Å². The van der Waals surface area contributed by atoms with E-state index in [1.165, 1.54) is 24.1 Å². The van der Waals surface area contributed by atoms with Gasteiger partial charge in [0.2, 0.25) is 5.95 Å². The van der Waals surface area contributed by atoms with Crippen LogP contribution in [0, 0.1) is 12.8 Å². The minimum Gasteiger partial charge on any atom is -0.381 e. The van der Waals surface area contributed by atoms with Gasteiger partial charge in [-0.25, -0.2) is 4.52 Å². The minimum atomic E-state index is 0.379. The van der Waals surface area contributed by atoms with Crippen molar-refractivity contribution in [2.45, 2.75) is 44.7 Å². The highest BCUT2D eigenvalue weighted by atomic mass is 16.5. The zero-order chi connectivity index (χ0) is 18.7. The zero-order valence-electron chi connectivity index (χ0n) is 16.1. The fraction of sp³-hybridized carbons (Fsp3) is 0.550. The molecule has 1 aliphatic carbocycles. The predicted molar refractivity (Wildman–Crippen MR) is 107 cm³/mol. The second-order valence-corrected chi connectivity index (χ2v) is 8.34. The zero-order valence-corrected chi connectivity index (χ0v) is 16.1. The van der Waals surface area contributed by atoms with Crippen molar-refractivity contribution in [1.29, 1.82) is 0 Å². The molecule has 3 saturated heterocycles. The lowest BCUT2D eigenvalue weighted by molar-refractivity contribution is 0.0903. The molecule has 3 aliphatic heterocycles. The van der Waals surface area contributed by atoms with E-state index in [2.05, 4.69) is 26.5 Å². The van der Waals surface area contributed by atoms with Crippen LogP contribution in [0.1, 0.15) is 31.4 Å². The van der Waals surface area contributed by atoms with Crippen LogP contribution in [0.15, 0.2) is 18.5 Å². The molecule has 0 unspecified atom stereocenters. The Morgan fingerprint density at radius 2 is 2.07 bits per heavy atom. The van der Waals surface area contributed by atoms with Crippen molar-refractivity contribution in [2.24, 2.45) is 5.92 Å². The van der Waals surface area contributed by atoms with Crippen molar-refractivity contribution in [3.8, 4) is 11.1 Å². The summed E-state index contributed by atoms with van der Waals surface area (Å²) >= 11 is 0. The Kier molecular flexibility index (Phi) is 3.62. The lowest BCUT2D eigenvalue weighted by atomic mass is 9.86. The third-order valence-electron chi connectivity index (χ3n) is 6.55. The fourth-order valence-electron chi connectivity index (χ4n) is 4.96. The van der Waals surface area contributed by atoms with Crippen LogP contribution in [0.25, 0.3) is 16.8 Å². The number of rotatable bonds is 4. The molecule has 3 aromatic heterocycles. The molecule has 2 bridgehead atoms. The molecule has 0 spiro atoms. The Morgan fingerprint density at radius 3 is 2.79 bits per heavy atom. The van der Waals surface area contributed by atoms with Gasteiger partial charge in [-0.3, -0.25) is 5.10 Å². The van der Waals surface area contributed by atoms with E-state index in [1.807, 2.05) is 23.8 Å². The number of aromatic nitrogens is 5. The maximum absolute atomic E-state index is 5.47. The monoisotopic (exact) mass is 379 g/mol. The summed E-state index contributed by atoms with van der Waals surface area (Å²) < 4.78 is 7.39. The molecular weight excluding hydrogens is 354 g/mol. The molecule has 146 valence electrons. The van der Waals surface area contributed by atoms with E-state index in [4.69, 9.17) is 14.8 Å². The number of nitrogens with zero attached hydrogens (tertiary/aromatic N) is 5. The van der Waals surface area contributed by atoms with Crippen LogP contribution >= 0.6 is 0 Å². The number of hydrogen-bond donors (Lipinski definition) is 2. The molecule has 6 heterocycles. The molecular formula is C20H25N7O. The van der Waals surface area contributed by atoms with Gasteiger partial charge < -0.3 is 15.0 Å². The van der Waals surface area contributed by atoms with Crippen LogP contribution in [0.2, 0.25) is 0 Å². The van der Waals surface area contributed by atoms with Crippen molar-refractivity contribution in [3.63, 3.8) is 0 Å². The van der Waals surface area contributed by atoms with E-state index in [9.17, 15) is 0 Å². The van der Waals surface area contributed by atoms with E-state index in [0.717, 1.165) is 55.4 Å². The van der Waals surface area contributed by atoms with Crippen LogP contribution in [0.4, 0.5) is 11.6 Å². The number of pyridine rings is 1. The van der Waals surface area contributed by atoms with E-state index in [-0.39, 0.29) is 0 Å². The van der Waals surface area contributed by atoms with Gasteiger partial charge in [-0.05, 0) is 44.6 Å². The Morgan fingerprint density at radius 1 is 1.21 bits per heavy atom. The van der Waals surface area contributed by atoms with Gasteiger partial charge in [0, 0.05) is 55.4 Å². The van der Waals surface area contributed by atoms with Crippen LogP contribution in [-0.4, -0.2) is 56.6 Å². The lowest BCUT2D eigenvalue weighted by Crippen LogP contribution is -2.29. The van der Waals surface area contributed by atoms with Gasteiger partial charge in [0.05, 0.1) is 11.4 Å². The maximum atomic E-state index is 5.47. The van der Waals surface area contributed by atoms with Crippen LogP contribution in [0.3, 0.4) is 0 Å². The standard InChI is InChI=1S/C20H25N7O/c1-12-17(10-21-24-12)16-2-5-27-19(18(16)26-11-13-8-15(26)9-13)23-20(25-27)22-14-3-6-28-7-4-14/h2,5,10,13-15H,3-4,6-9,11H2,1H3,(H,21,24)(H,22,25). The highest BCUT2D eigenvalue weighted by Gasteiger charge is 2.44. The first-order chi connectivity index (χ1) is 13.8. The third kappa shape index (κ3) is 2.51. The Balaban J connectivity index is 1.45. The molecule has 2 N–H and O–H groups in total. The molecule has 0 amide bonds. The number of H-pyrrole nitrogens is 1. The van der Waals surface area contributed by atoms with Crippen molar-refractivity contribution in [1.82, 2.24) is 24.8 Å².